The molecule has 0 saturated heterocycles. The Labute approximate surface area is 144 Å². The zero-order chi connectivity index (χ0) is 17.1. The van der Waals surface area contributed by atoms with Crippen LogP contribution in [0.15, 0.2) is 42.6 Å². The number of nitriles is 2. The number of fused-ring (bicyclic) bond motifs is 1. The number of H-pyrrole nitrogens is 1. The molecule has 4 nitrogen and oxygen atoms in total. The molecule has 2 aromatic carbocycles. The van der Waals surface area contributed by atoms with Crippen molar-refractivity contribution in [2.24, 2.45) is 0 Å². The summed E-state index contributed by atoms with van der Waals surface area (Å²) in [6.45, 7) is 0. The monoisotopic (exact) mass is 333 g/mol. The number of aromatic nitrogens is 1. The van der Waals surface area contributed by atoms with Crippen molar-refractivity contribution in [3.63, 3.8) is 0 Å². The van der Waals surface area contributed by atoms with Gasteiger partial charge in [0.1, 0.15) is 5.75 Å². The third-order valence-corrected chi connectivity index (χ3v) is 3.95. The number of nitrogens with zero attached hydrogens (tertiary/aromatic N) is 2. The van der Waals surface area contributed by atoms with Crippen LogP contribution >= 0.6 is 11.6 Å². The quantitative estimate of drug-likeness (QED) is 0.702. The number of nitrogens with one attached hydrogen (secondary N) is 1. The number of rotatable bonds is 3. The van der Waals surface area contributed by atoms with E-state index in [0.29, 0.717) is 27.5 Å². The van der Waals surface area contributed by atoms with Crippen LogP contribution in [0.4, 0.5) is 0 Å². The van der Waals surface area contributed by atoms with E-state index in [9.17, 15) is 5.26 Å². The van der Waals surface area contributed by atoms with E-state index in [1.807, 2.05) is 12.1 Å². The topological polar surface area (TPSA) is 72.6 Å². The van der Waals surface area contributed by atoms with Gasteiger partial charge in [0.2, 0.25) is 0 Å². The van der Waals surface area contributed by atoms with E-state index in [-0.39, 0.29) is 0 Å². The van der Waals surface area contributed by atoms with Gasteiger partial charge in [-0.25, -0.2) is 0 Å². The van der Waals surface area contributed by atoms with Crippen molar-refractivity contribution in [3.8, 4) is 17.9 Å². The highest BCUT2D eigenvalue weighted by atomic mass is 35.5. The van der Waals surface area contributed by atoms with Gasteiger partial charge in [-0.15, -0.1) is 0 Å². The van der Waals surface area contributed by atoms with Crippen molar-refractivity contribution in [2.45, 2.75) is 0 Å². The van der Waals surface area contributed by atoms with E-state index >= 15 is 0 Å². The van der Waals surface area contributed by atoms with E-state index in [0.717, 1.165) is 16.5 Å². The SMILES string of the molecule is COc1ccc(C#N)cc1/C=C(\C#N)c1c[nH]c2ccc(Cl)cc12. The Kier molecular flexibility index (Phi) is 4.24. The molecule has 116 valence electrons. The van der Waals surface area contributed by atoms with Crippen LogP contribution in [0, 0.1) is 22.7 Å². The summed E-state index contributed by atoms with van der Waals surface area (Å²) < 4.78 is 5.32. The fraction of sp³-hybridized carbons (Fsp3) is 0.0526. The zero-order valence-corrected chi connectivity index (χ0v) is 13.6. The molecule has 5 heteroatoms. The molecule has 0 bridgehead atoms. The number of methoxy groups -OCH3 is 1. The van der Waals surface area contributed by atoms with Crippen LogP contribution < -0.4 is 4.74 Å². The molecule has 3 rings (SSSR count). The second-order valence-electron chi connectivity index (χ2n) is 5.13. The molecule has 24 heavy (non-hydrogen) atoms. The van der Waals surface area contributed by atoms with Crippen LogP contribution in [0.25, 0.3) is 22.6 Å². The van der Waals surface area contributed by atoms with Gasteiger partial charge in [-0.05, 0) is 42.5 Å². The minimum atomic E-state index is 0.455. The van der Waals surface area contributed by atoms with Crippen molar-refractivity contribution in [1.82, 2.24) is 4.98 Å². The Hall–Kier alpha value is -3.21. The smallest absolute Gasteiger partial charge is 0.126 e. The Morgan fingerprint density at radius 3 is 2.75 bits per heavy atom. The number of hydrogen-bond donors (Lipinski definition) is 1. The molecule has 1 N–H and O–H groups in total. The van der Waals surface area contributed by atoms with Crippen LogP contribution in [-0.2, 0) is 0 Å². The molecule has 0 saturated carbocycles. The summed E-state index contributed by atoms with van der Waals surface area (Å²) in [5.74, 6) is 0.597. The summed E-state index contributed by atoms with van der Waals surface area (Å²) in [6.07, 6.45) is 3.49. The predicted octanol–water partition coefficient (Wildman–Crippen LogP) is 4.77. The minimum absolute atomic E-state index is 0.455. The fourth-order valence-corrected chi connectivity index (χ4v) is 2.73. The number of aromatic amines is 1. The number of allylic oxidation sites excluding steroid dienone is 1. The molecule has 0 aliphatic rings. The summed E-state index contributed by atoms with van der Waals surface area (Å²) in [4.78, 5) is 3.13. The largest absolute Gasteiger partial charge is 0.496 e. The first-order chi connectivity index (χ1) is 11.7. The van der Waals surface area contributed by atoms with Crippen molar-refractivity contribution in [2.75, 3.05) is 7.11 Å². The first-order valence-electron chi connectivity index (χ1n) is 7.13. The molecule has 0 fully saturated rings. The average molecular weight is 334 g/mol. The second-order valence-corrected chi connectivity index (χ2v) is 5.57. The van der Waals surface area contributed by atoms with Gasteiger partial charge in [-0.2, -0.15) is 10.5 Å². The van der Waals surface area contributed by atoms with E-state index in [1.165, 1.54) is 0 Å². The molecule has 0 atom stereocenters. The fourth-order valence-electron chi connectivity index (χ4n) is 2.56. The molecule has 0 spiro atoms. The van der Waals surface area contributed by atoms with Gasteiger partial charge < -0.3 is 9.72 Å². The number of halogens is 1. The molecule has 0 unspecified atom stereocenters. The molecule has 0 radical (unpaired) electrons. The van der Waals surface area contributed by atoms with Crippen molar-refractivity contribution < 1.29 is 4.74 Å². The lowest BCUT2D eigenvalue weighted by molar-refractivity contribution is 0.414. The summed E-state index contributed by atoms with van der Waals surface area (Å²) in [6, 6.07) is 14.9. The van der Waals surface area contributed by atoms with Crippen LogP contribution in [0.3, 0.4) is 0 Å². The Balaban J connectivity index is 2.19. The third kappa shape index (κ3) is 2.84. The Morgan fingerprint density at radius 1 is 1.21 bits per heavy atom. The lowest BCUT2D eigenvalue weighted by Crippen LogP contribution is -1.89. The standard InChI is InChI=1S/C19H12ClN3O/c1-24-19-5-2-12(9-21)6-13(19)7-14(10-22)17-11-23-18-4-3-15(20)8-16(17)18/h2-8,11,23H,1H3/b14-7+. The summed E-state index contributed by atoms with van der Waals surface area (Å²) in [7, 11) is 1.55. The van der Waals surface area contributed by atoms with Crippen molar-refractivity contribution >= 4 is 34.2 Å². The molecule has 0 aliphatic heterocycles. The first kappa shape index (κ1) is 15.7. The van der Waals surface area contributed by atoms with Crippen molar-refractivity contribution in [3.05, 3.63) is 64.3 Å². The highest BCUT2D eigenvalue weighted by Gasteiger charge is 2.11. The number of ether oxygens (including phenoxy) is 1. The van der Waals surface area contributed by atoms with E-state index in [4.69, 9.17) is 21.6 Å². The summed E-state index contributed by atoms with van der Waals surface area (Å²) in [5, 5.41) is 20.2. The zero-order valence-electron chi connectivity index (χ0n) is 12.8. The molecule has 3 aromatic rings. The molecule has 0 amide bonds. The van der Waals surface area contributed by atoms with Gasteiger partial charge in [-0.3, -0.25) is 0 Å². The van der Waals surface area contributed by atoms with Crippen LogP contribution in [0.1, 0.15) is 16.7 Å². The van der Waals surface area contributed by atoms with Crippen LogP contribution in [0.5, 0.6) is 5.75 Å². The number of benzene rings is 2. The molecule has 1 aromatic heterocycles. The van der Waals surface area contributed by atoms with E-state index < -0.39 is 0 Å². The predicted molar refractivity (Wildman–Crippen MR) is 94.5 cm³/mol. The van der Waals surface area contributed by atoms with Gasteiger partial charge in [0, 0.05) is 33.2 Å². The average Bonchev–Trinajstić information content (AvgIpc) is 3.02. The lowest BCUT2D eigenvalue weighted by Gasteiger charge is -2.06. The molecule has 0 aliphatic carbocycles. The van der Waals surface area contributed by atoms with Gasteiger partial charge in [0.25, 0.3) is 0 Å². The van der Waals surface area contributed by atoms with Crippen molar-refractivity contribution in [1.29, 1.82) is 10.5 Å². The Bertz CT molecular complexity index is 1030. The summed E-state index contributed by atoms with van der Waals surface area (Å²) >= 11 is 6.07. The van der Waals surface area contributed by atoms with E-state index in [2.05, 4.69) is 17.1 Å². The van der Waals surface area contributed by atoms with Gasteiger partial charge in [-0.1, -0.05) is 11.6 Å². The highest BCUT2D eigenvalue weighted by molar-refractivity contribution is 6.31. The lowest BCUT2D eigenvalue weighted by atomic mass is 10.0. The van der Waals surface area contributed by atoms with Gasteiger partial charge in [0.15, 0.2) is 0 Å². The number of hydrogen-bond acceptors (Lipinski definition) is 3. The normalized spacial score (nSPS) is 11.1. The van der Waals surface area contributed by atoms with Crippen LogP contribution in [0.2, 0.25) is 5.02 Å². The van der Waals surface area contributed by atoms with E-state index in [1.54, 1.807) is 43.6 Å². The maximum atomic E-state index is 9.61. The summed E-state index contributed by atoms with van der Waals surface area (Å²) in [5.41, 5.74) is 3.27. The van der Waals surface area contributed by atoms with Gasteiger partial charge >= 0.3 is 0 Å². The van der Waals surface area contributed by atoms with Gasteiger partial charge in [0.05, 0.1) is 30.4 Å². The molecule has 1 heterocycles. The van der Waals surface area contributed by atoms with Crippen LogP contribution in [-0.4, -0.2) is 12.1 Å². The maximum Gasteiger partial charge on any atom is 0.126 e. The maximum absolute atomic E-state index is 9.61. The minimum Gasteiger partial charge on any atom is -0.496 e. The third-order valence-electron chi connectivity index (χ3n) is 3.71. The molecular weight excluding hydrogens is 322 g/mol. The Morgan fingerprint density at radius 2 is 2.04 bits per heavy atom. The molecular formula is C19H12ClN3O. The highest BCUT2D eigenvalue weighted by Crippen LogP contribution is 2.30. The first-order valence-corrected chi connectivity index (χ1v) is 7.51. The second kappa shape index (κ2) is 6.50.